The standard InChI is InChI=1S/C10H13ClN6O/c1-10(2,18)6-12-8-14-7(11)15-9(16-8)17-5-3-4-13-17/h3-5,18H,6H2,1-2H3,(H,12,14,15,16). The van der Waals surface area contributed by atoms with E-state index in [4.69, 9.17) is 11.6 Å². The highest BCUT2D eigenvalue weighted by Gasteiger charge is 2.14. The molecule has 0 amide bonds. The van der Waals surface area contributed by atoms with Gasteiger partial charge in [-0.2, -0.15) is 20.1 Å². The van der Waals surface area contributed by atoms with E-state index in [0.717, 1.165) is 0 Å². The van der Waals surface area contributed by atoms with Gasteiger partial charge in [0.05, 0.1) is 5.60 Å². The Balaban J connectivity index is 2.22. The van der Waals surface area contributed by atoms with E-state index < -0.39 is 5.60 Å². The average molecular weight is 269 g/mol. The summed E-state index contributed by atoms with van der Waals surface area (Å²) in [5.74, 6) is 0.612. The Labute approximate surface area is 109 Å². The van der Waals surface area contributed by atoms with Gasteiger partial charge in [0.1, 0.15) is 0 Å². The molecule has 0 radical (unpaired) electrons. The average Bonchev–Trinajstić information content (AvgIpc) is 2.78. The van der Waals surface area contributed by atoms with Gasteiger partial charge in [-0.25, -0.2) is 4.68 Å². The normalized spacial score (nSPS) is 11.6. The first-order chi connectivity index (χ1) is 8.44. The molecule has 2 aromatic heterocycles. The molecule has 0 bridgehead atoms. The monoisotopic (exact) mass is 268 g/mol. The fraction of sp³-hybridized carbons (Fsp3) is 0.400. The van der Waals surface area contributed by atoms with E-state index >= 15 is 0 Å². The van der Waals surface area contributed by atoms with Crippen molar-refractivity contribution in [2.24, 2.45) is 0 Å². The molecule has 2 rings (SSSR count). The van der Waals surface area contributed by atoms with Gasteiger partial charge in [0, 0.05) is 18.9 Å². The molecule has 2 aromatic rings. The van der Waals surface area contributed by atoms with Crippen LogP contribution in [0.5, 0.6) is 0 Å². The molecule has 8 heteroatoms. The van der Waals surface area contributed by atoms with Crippen LogP contribution < -0.4 is 5.32 Å². The first-order valence-corrected chi connectivity index (χ1v) is 5.70. The number of anilines is 1. The van der Waals surface area contributed by atoms with Crippen LogP contribution in [0, 0.1) is 0 Å². The number of hydrogen-bond donors (Lipinski definition) is 2. The smallest absolute Gasteiger partial charge is 0.256 e. The lowest BCUT2D eigenvalue weighted by Gasteiger charge is -2.17. The Morgan fingerprint density at radius 1 is 1.39 bits per heavy atom. The van der Waals surface area contributed by atoms with Gasteiger partial charge in [-0.05, 0) is 31.5 Å². The molecule has 7 nitrogen and oxygen atoms in total. The van der Waals surface area contributed by atoms with Gasteiger partial charge in [-0.3, -0.25) is 0 Å². The number of aliphatic hydroxyl groups is 1. The van der Waals surface area contributed by atoms with E-state index in [1.165, 1.54) is 4.68 Å². The summed E-state index contributed by atoms with van der Waals surface area (Å²) >= 11 is 5.81. The predicted molar refractivity (Wildman–Crippen MR) is 66.7 cm³/mol. The summed E-state index contributed by atoms with van der Waals surface area (Å²) in [4.78, 5) is 12.0. The number of rotatable bonds is 4. The molecule has 0 fully saturated rings. The van der Waals surface area contributed by atoms with Crippen molar-refractivity contribution in [2.45, 2.75) is 19.4 Å². The van der Waals surface area contributed by atoms with Gasteiger partial charge >= 0.3 is 0 Å². The minimum absolute atomic E-state index is 0.0637. The maximum Gasteiger partial charge on any atom is 0.256 e. The second-order valence-electron chi connectivity index (χ2n) is 4.34. The lowest BCUT2D eigenvalue weighted by molar-refractivity contribution is 0.0943. The molecule has 2 heterocycles. The molecule has 0 saturated carbocycles. The van der Waals surface area contributed by atoms with E-state index in [9.17, 15) is 5.11 Å². The number of halogens is 1. The van der Waals surface area contributed by atoms with Crippen LogP contribution in [0.2, 0.25) is 5.28 Å². The van der Waals surface area contributed by atoms with Gasteiger partial charge in [0.15, 0.2) is 0 Å². The molecule has 0 atom stereocenters. The van der Waals surface area contributed by atoms with Crippen LogP contribution in [0.3, 0.4) is 0 Å². The maximum atomic E-state index is 9.62. The Morgan fingerprint density at radius 3 is 2.78 bits per heavy atom. The summed E-state index contributed by atoms with van der Waals surface area (Å²) in [5, 5.41) is 16.6. The molecule has 0 saturated heterocycles. The molecule has 0 spiro atoms. The molecule has 0 aromatic carbocycles. The molecule has 0 aliphatic rings. The summed E-state index contributed by atoms with van der Waals surface area (Å²) in [6, 6.07) is 1.75. The van der Waals surface area contributed by atoms with Gasteiger partial charge in [0.25, 0.3) is 5.95 Å². The van der Waals surface area contributed by atoms with Crippen LogP contribution in [0.15, 0.2) is 18.5 Å². The summed E-state index contributed by atoms with van der Waals surface area (Å²) in [7, 11) is 0. The Bertz CT molecular complexity index is 522. The molecule has 0 unspecified atom stereocenters. The molecular weight excluding hydrogens is 256 g/mol. The van der Waals surface area contributed by atoms with Crippen molar-refractivity contribution in [3.8, 4) is 5.95 Å². The van der Waals surface area contributed by atoms with Gasteiger partial charge in [-0.1, -0.05) is 0 Å². The zero-order valence-corrected chi connectivity index (χ0v) is 10.8. The molecule has 2 N–H and O–H groups in total. The quantitative estimate of drug-likeness (QED) is 0.856. The van der Waals surface area contributed by atoms with Crippen molar-refractivity contribution in [1.29, 1.82) is 0 Å². The minimum Gasteiger partial charge on any atom is -0.389 e. The first-order valence-electron chi connectivity index (χ1n) is 5.32. The highest BCUT2D eigenvalue weighted by molar-refractivity contribution is 6.28. The van der Waals surface area contributed by atoms with Crippen molar-refractivity contribution < 1.29 is 5.11 Å². The summed E-state index contributed by atoms with van der Waals surface area (Å²) < 4.78 is 1.48. The van der Waals surface area contributed by atoms with Crippen LogP contribution in [-0.4, -0.2) is 42.0 Å². The highest BCUT2D eigenvalue weighted by Crippen LogP contribution is 2.10. The van der Waals surface area contributed by atoms with Gasteiger partial charge in [-0.15, -0.1) is 0 Å². The van der Waals surface area contributed by atoms with Crippen molar-refractivity contribution >= 4 is 17.5 Å². The van der Waals surface area contributed by atoms with E-state index in [-0.39, 0.29) is 5.28 Å². The summed E-state index contributed by atoms with van der Waals surface area (Å²) in [6.07, 6.45) is 3.31. The minimum atomic E-state index is -0.870. The van der Waals surface area contributed by atoms with Gasteiger partial charge in [0.2, 0.25) is 11.2 Å². The van der Waals surface area contributed by atoms with Crippen LogP contribution in [0.4, 0.5) is 5.95 Å². The van der Waals surface area contributed by atoms with Crippen molar-refractivity contribution in [1.82, 2.24) is 24.7 Å². The lowest BCUT2D eigenvalue weighted by atomic mass is 10.1. The summed E-state index contributed by atoms with van der Waals surface area (Å²) in [6.45, 7) is 3.65. The molecule has 0 aliphatic heterocycles. The zero-order chi connectivity index (χ0) is 13.2. The Kier molecular flexibility index (Phi) is 3.44. The third kappa shape index (κ3) is 3.38. The molecule has 96 valence electrons. The number of nitrogens with zero attached hydrogens (tertiary/aromatic N) is 5. The van der Waals surface area contributed by atoms with Crippen LogP contribution in [0.25, 0.3) is 5.95 Å². The van der Waals surface area contributed by atoms with E-state index in [1.807, 2.05) is 0 Å². The maximum absolute atomic E-state index is 9.62. The van der Waals surface area contributed by atoms with Crippen LogP contribution in [0.1, 0.15) is 13.8 Å². The Morgan fingerprint density at radius 2 is 2.17 bits per heavy atom. The van der Waals surface area contributed by atoms with Crippen molar-refractivity contribution in [3.05, 3.63) is 23.7 Å². The number of aromatic nitrogens is 5. The fourth-order valence-corrected chi connectivity index (χ4v) is 1.36. The second kappa shape index (κ2) is 4.87. The SMILES string of the molecule is CC(C)(O)CNc1nc(Cl)nc(-n2cccn2)n1. The van der Waals surface area contributed by atoms with E-state index in [2.05, 4.69) is 25.4 Å². The van der Waals surface area contributed by atoms with Crippen LogP contribution in [-0.2, 0) is 0 Å². The Hall–Kier alpha value is -1.73. The predicted octanol–water partition coefficient (Wildman–Crippen LogP) is 0.893. The van der Waals surface area contributed by atoms with Gasteiger partial charge < -0.3 is 10.4 Å². The number of nitrogens with one attached hydrogen (secondary N) is 1. The first kappa shape index (κ1) is 12.7. The van der Waals surface area contributed by atoms with Crippen LogP contribution >= 0.6 is 11.6 Å². The largest absolute Gasteiger partial charge is 0.389 e. The lowest BCUT2D eigenvalue weighted by Crippen LogP contribution is -2.30. The van der Waals surface area contributed by atoms with E-state index in [1.54, 1.807) is 32.3 Å². The summed E-state index contributed by atoms with van der Waals surface area (Å²) in [5.41, 5.74) is -0.870. The topological polar surface area (TPSA) is 88.8 Å². The number of hydrogen-bond acceptors (Lipinski definition) is 6. The molecular formula is C10H13ClN6O. The zero-order valence-electron chi connectivity index (χ0n) is 10.0. The fourth-order valence-electron chi connectivity index (χ4n) is 1.20. The molecule has 0 aliphatic carbocycles. The molecule has 18 heavy (non-hydrogen) atoms. The third-order valence-corrected chi connectivity index (χ3v) is 2.15. The van der Waals surface area contributed by atoms with E-state index in [0.29, 0.717) is 18.4 Å². The highest BCUT2D eigenvalue weighted by atomic mass is 35.5. The van der Waals surface area contributed by atoms with Crippen molar-refractivity contribution in [2.75, 3.05) is 11.9 Å². The second-order valence-corrected chi connectivity index (χ2v) is 4.68. The third-order valence-electron chi connectivity index (χ3n) is 1.98. The van der Waals surface area contributed by atoms with Crippen molar-refractivity contribution in [3.63, 3.8) is 0 Å².